The average Bonchev–Trinajstić information content (AvgIpc) is 2.48. The van der Waals surface area contributed by atoms with Crippen LogP contribution in [0.1, 0.15) is 13.8 Å². The predicted octanol–water partition coefficient (Wildman–Crippen LogP) is 1.87. The maximum Gasteiger partial charge on any atom is 0.328 e. The summed E-state index contributed by atoms with van der Waals surface area (Å²) in [4.78, 5) is 23.5. The van der Waals surface area contributed by atoms with Crippen LogP contribution in [0.4, 0.5) is 0 Å². The van der Waals surface area contributed by atoms with Crippen LogP contribution in [0, 0.1) is 0 Å². The molecule has 1 heterocycles. The second-order valence-corrected chi connectivity index (χ2v) is 4.95. The van der Waals surface area contributed by atoms with Gasteiger partial charge in [0.2, 0.25) is 0 Å². The Bertz CT molecular complexity index is 722. The summed E-state index contributed by atoms with van der Waals surface area (Å²) < 4.78 is 11.4. The van der Waals surface area contributed by atoms with E-state index in [-0.39, 0.29) is 18.2 Å². The Kier molecular flexibility index (Phi) is 4.93. The zero-order valence-corrected chi connectivity index (χ0v) is 12.8. The molecule has 0 spiro atoms. The highest BCUT2D eigenvalue weighted by Gasteiger charge is 2.12. The van der Waals surface area contributed by atoms with Crippen molar-refractivity contribution in [1.29, 1.82) is 0 Å². The first-order valence-corrected chi connectivity index (χ1v) is 6.92. The number of ether oxygens (including phenoxy) is 2. The smallest absolute Gasteiger partial charge is 0.328 e. The zero-order valence-electron chi connectivity index (χ0n) is 12.8. The van der Waals surface area contributed by atoms with Crippen LogP contribution < -0.4 is 10.3 Å². The number of rotatable bonds is 5. The molecule has 0 radical (unpaired) electrons. The summed E-state index contributed by atoms with van der Waals surface area (Å²) in [5.74, 6) is 0.145. The van der Waals surface area contributed by atoms with E-state index >= 15 is 0 Å². The lowest BCUT2D eigenvalue weighted by atomic mass is 10.1. The number of nitrogens with zero attached hydrogens (tertiary/aromatic N) is 2. The fourth-order valence-corrected chi connectivity index (χ4v) is 1.98. The van der Waals surface area contributed by atoms with Crippen molar-refractivity contribution in [3.05, 3.63) is 46.8 Å². The van der Waals surface area contributed by atoms with Crippen LogP contribution in [0.3, 0.4) is 0 Å². The van der Waals surface area contributed by atoms with Crippen LogP contribution in [0.15, 0.2) is 41.2 Å². The van der Waals surface area contributed by atoms with Gasteiger partial charge in [-0.1, -0.05) is 12.1 Å². The number of aromatic nitrogens is 2. The van der Waals surface area contributed by atoms with Gasteiger partial charge >= 0.3 is 5.97 Å². The monoisotopic (exact) mass is 302 g/mol. The highest BCUT2D eigenvalue weighted by atomic mass is 16.5. The second kappa shape index (κ2) is 6.89. The van der Waals surface area contributed by atoms with E-state index < -0.39 is 5.97 Å². The topological polar surface area (TPSA) is 70.4 Å². The lowest BCUT2D eigenvalue weighted by Gasteiger charge is -2.11. The molecule has 0 fully saturated rings. The van der Waals surface area contributed by atoms with Crippen molar-refractivity contribution in [2.24, 2.45) is 0 Å². The summed E-state index contributed by atoms with van der Waals surface area (Å²) in [7, 11) is 1.56. The normalized spacial score (nSPS) is 10.5. The molecule has 22 heavy (non-hydrogen) atoms. The third kappa shape index (κ3) is 3.72. The summed E-state index contributed by atoms with van der Waals surface area (Å²) in [5.41, 5.74) is 0.935. The SMILES string of the molecule is COc1ccccc1-c1ccc(=O)n(CC(=O)OC(C)C)n1. The van der Waals surface area contributed by atoms with Gasteiger partial charge in [0.25, 0.3) is 5.56 Å². The van der Waals surface area contributed by atoms with Crippen LogP contribution in [-0.4, -0.2) is 29.0 Å². The minimum Gasteiger partial charge on any atom is -0.496 e. The van der Waals surface area contributed by atoms with Crippen molar-refractivity contribution in [2.75, 3.05) is 7.11 Å². The third-order valence-corrected chi connectivity index (χ3v) is 2.90. The van der Waals surface area contributed by atoms with Gasteiger partial charge in [-0.25, -0.2) is 4.68 Å². The maximum atomic E-state index is 11.8. The molecular formula is C16H18N2O4. The van der Waals surface area contributed by atoms with Gasteiger partial charge in [0.1, 0.15) is 12.3 Å². The van der Waals surface area contributed by atoms with Gasteiger partial charge in [-0.05, 0) is 32.0 Å². The van der Waals surface area contributed by atoms with E-state index in [4.69, 9.17) is 9.47 Å². The van der Waals surface area contributed by atoms with E-state index in [1.54, 1.807) is 33.1 Å². The Hall–Kier alpha value is -2.63. The predicted molar refractivity (Wildman–Crippen MR) is 81.7 cm³/mol. The molecule has 2 aromatic rings. The van der Waals surface area contributed by atoms with Gasteiger partial charge < -0.3 is 9.47 Å². The van der Waals surface area contributed by atoms with Gasteiger partial charge in [-0.2, -0.15) is 5.10 Å². The fraction of sp³-hybridized carbons (Fsp3) is 0.312. The molecule has 6 nitrogen and oxygen atoms in total. The molecular weight excluding hydrogens is 284 g/mol. The molecule has 116 valence electrons. The summed E-state index contributed by atoms with van der Waals surface area (Å²) in [6, 6.07) is 10.3. The van der Waals surface area contributed by atoms with Crippen LogP contribution in [0.5, 0.6) is 5.75 Å². The number of esters is 1. The fourth-order valence-electron chi connectivity index (χ4n) is 1.98. The number of carbonyl (C=O) groups excluding carboxylic acids is 1. The Labute approximate surface area is 128 Å². The maximum absolute atomic E-state index is 11.8. The van der Waals surface area contributed by atoms with Gasteiger partial charge in [0.15, 0.2) is 0 Å². The first kappa shape index (κ1) is 15.8. The van der Waals surface area contributed by atoms with Crippen molar-refractivity contribution >= 4 is 5.97 Å². The number of para-hydroxylation sites is 1. The summed E-state index contributed by atoms with van der Waals surface area (Å²) >= 11 is 0. The number of hydrogen-bond donors (Lipinski definition) is 0. The molecule has 0 aliphatic heterocycles. The van der Waals surface area contributed by atoms with Crippen molar-refractivity contribution in [2.45, 2.75) is 26.5 Å². The Morgan fingerprint density at radius 2 is 1.95 bits per heavy atom. The van der Waals surface area contributed by atoms with E-state index in [9.17, 15) is 9.59 Å². The number of hydrogen-bond acceptors (Lipinski definition) is 5. The Morgan fingerprint density at radius 3 is 2.64 bits per heavy atom. The molecule has 0 saturated carbocycles. The minimum atomic E-state index is -0.498. The minimum absolute atomic E-state index is 0.222. The van der Waals surface area contributed by atoms with E-state index in [2.05, 4.69) is 5.10 Å². The third-order valence-electron chi connectivity index (χ3n) is 2.90. The highest BCUT2D eigenvalue weighted by molar-refractivity contribution is 5.70. The number of carbonyl (C=O) groups is 1. The van der Waals surface area contributed by atoms with Gasteiger partial charge in [0.05, 0.1) is 18.9 Å². The zero-order chi connectivity index (χ0) is 16.1. The second-order valence-electron chi connectivity index (χ2n) is 4.95. The molecule has 0 saturated heterocycles. The van der Waals surface area contributed by atoms with E-state index in [1.807, 2.05) is 18.2 Å². The van der Waals surface area contributed by atoms with E-state index in [0.717, 1.165) is 10.2 Å². The number of benzene rings is 1. The molecule has 0 bridgehead atoms. The van der Waals surface area contributed by atoms with Crippen molar-refractivity contribution in [3.8, 4) is 17.0 Å². The lowest BCUT2D eigenvalue weighted by Crippen LogP contribution is -2.28. The standard InChI is InChI=1S/C16H18N2O4/c1-11(2)22-16(20)10-18-15(19)9-8-13(17-18)12-6-4-5-7-14(12)21-3/h4-9,11H,10H2,1-3H3. The van der Waals surface area contributed by atoms with Gasteiger partial charge in [-0.3, -0.25) is 9.59 Å². The van der Waals surface area contributed by atoms with Crippen molar-refractivity contribution < 1.29 is 14.3 Å². The molecule has 6 heteroatoms. The van der Waals surface area contributed by atoms with Crippen LogP contribution >= 0.6 is 0 Å². The molecule has 0 atom stereocenters. The van der Waals surface area contributed by atoms with E-state index in [0.29, 0.717) is 11.4 Å². The van der Waals surface area contributed by atoms with Gasteiger partial charge in [-0.15, -0.1) is 0 Å². The van der Waals surface area contributed by atoms with Crippen LogP contribution in [-0.2, 0) is 16.1 Å². The van der Waals surface area contributed by atoms with Gasteiger partial charge in [0, 0.05) is 11.6 Å². The molecule has 0 aliphatic rings. The summed E-state index contributed by atoms with van der Waals surface area (Å²) in [5, 5.41) is 4.22. The van der Waals surface area contributed by atoms with Crippen molar-refractivity contribution in [1.82, 2.24) is 9.78 Å². The average molecular weight is 302 g/mol. The molecule has 0 unspecified atom stereocenters. The first-order chi connectivity index (χ1) is 10.5. The Balaban J connectivity index is 2.34. The van der Waals surface area contributed by atoms with E-state index in [1.165, 1.54) is 6.07 Å². The summed E-state index contributed by atoms with van der Waals surface area (Å²) in [6.45, 7) is 3.28. The molecule has 0 aliphatic carbocycles. The molecule has 0 N–H and O–H groups in total. The largest absolute Gasteiger partial charge is 0.496 e. The molecule has 1 aromatic heterocycles. The van der Waals surface area contributed by atoms with Crippen LogP contribution in [0.25, 0.3) is 11.3 Å². The molecule has 1 aromatic carbocycles. The molecule has 2 rings (SSSR count). The number of methoxy groups -OCH3 is 1. The highest BCUT2D eigenvalue weighted by Crippen LogP contribution is 2.27. The van der Waals surface area contributed by atoms with Crippen molar-refractivity contribution in [3.63, 3.8) is 0 Å². The summed E-state index contributed by atoms with van der Waals surface area (Å²) in [6.07, 6.45) is -0.236. The first-order valence-electron chi connectivity index (χ1n) is 6.92. The quantitative estimate of drug-likeness (QED) is 0.789. The Morgan fingerprint density at radius 1 is 1.23 bits per heavy atom. The molecule has 0 amide bonds. The lowest BCUT2D eigenvalue weighted by molar-refractivity contribution is -0.148. The van der Waals surface area contributed by atoms with Crippen LogP contribution in [0.2, 0.25) is 0 Å².